The summed E-state index contributed by atoms with van der Waals surface area (Å²) in [6.45, 7) is 4.63. The molecule has 2 amide bonds. The van der Waals surface area contributed by atoms with Gasteiger partial charge in [-0.15, -0.1) is 0 Å². The van der Waals surface area contributed by atoms with Crippen molar-refractivity contribution in [2.24, 2.45) is 11.3 Å². The van der Waals surface area contributed by atoms with Crippen LogP contribution in [0.1, 0.15) is 26.7 Å². The van der Waals surface area contributed by atoms with E-state index in [9.17, 15) is 22.8 Å². The van der Waals surface area contributed by atoms with Crippen LogP contribution in [0, 0.1) is 11.3 Å². The van der Waals surface area contributed by atoms with Gasteiger partial charge in [0.2, 0.25) is 5.91 Å². The SMILES string of the molecule is CC1(C)C[C@@H]1C(=O)N1CCCN(C(=O)C(F)(F)F)CC1. The van der Waals surface area contributed by atoms with Gasteiger partial charge in [0.1, 0.15) is 0 Å². The van der Waals surface area contributed by atoms with Gasteiger partial charge in [-0.25, -0.2) is 0 Å². The first-order valence-corrected chi connectivity index (χ1v) is 6.78. The highest BCUT2D eigenvalue weighted by Gasteiger charge is 2.52. The summed E-state index contributed by atoms with van der Waals surface area (Å²) in [6.07, 6.45) is -3.62. The zero-order chi connectivity index (χ0) is 15.1. The molecule has 2 aliphatic rings. The molecule has 1 aliphatic heterocycles. The number of carbonyl (C=O) groups excluding carboxylic acids is 2. The Labute approximate surface area is 115 Å². The van der Waals surface area contributed by atoms with Crippen LogP contribution >= 0.6 is 0 Å². The van der Waals surface area contributed by atoms with E-state index in [-0.39, 0.29) is 36.9 Å². The van der Waals surface area contributed by atoms with Crippen LogP contribution in [-0.2, 0) is 9.59 Å². The molecule has 0 spiro atoms. The van der Waals surface area contributed by atoms with E-state index in [1.807, 2.05) is 13.8 Å². The molecule has 0 aromatic rings. The summed E-state index contributed by atoms with van der Waals surface area (Å²) in [4.78, 5) is 25.8. The minimum absolute atomic E-state index is 0.00483. The zero-order valence-corrected chi connectivity index (χ0v) is 11.7. The van der Waals surface area contributed by atoms with Crippen LogP contribution in [0.5, 0.6) is 0 Å². The Morgan fingerprint density at radius 1 is 1.05 bits per heavy atom. The number of hydrogen-bond donors (Lipinski definition) is 0. The number of carbonyl (C=O) groups is 2. The van der Waals surface area contributed by atoms with Crippen molar-refractivity contribution in [1.29, 1.82) is 0 Å². The Balaban J connectivity index is 1.93. The molecule has 0 bridgehead atoms. The summed E-state index contributed by atoms with van der Waals surface area (Å²) in [5.74, 6) is -1.82. The number of hydrogen-bond acceptors (Lipinski definition) is 2. The third-order valence-electron chi connectivity index (χ3n) is 4.15. The molecule has 0 unspecified atom stereocenters. The molecule has 20 heavy (non-hydrogen) atoms. The predicted molar refractivity (Wildman–Crippen MR) is 65.7 cm³/mol. The minimum atomic E-state index is -4.84. The first-order chi connectivity index (χ1) is 9.13. The van der Waals surface area contributed by atoms with E-state index in [2.05, 4.69) is 0 Å². The van der Waals surface area contributed by atoms with Gasteiger partial charge < -0.3 is 9.80 Å². The molecule has 2 rings (SSSR count). The van der Waals surface area contributed by atoms with Gasteiger partial charge >= 0.3 is 12.1 Å². The van der Waals surface area contributed by atoms with E-state index in [0.717, 1.165) is 11.3 Å². The number of amides is 2. The molecule has 1 heterocycles. The van der Waals surface area contributed by atoms with Gasteiger partial charge in [0.25, 0.3) is 0 Å². The Hall–Kier alpha value is -1.27. The van der Waals surface area contributed by atoms with Crippen molar-refractivity contribution in [3.63, 3.8) is 0 Å². The van der Waals surface area contributed by atoms with Crippen molar-refractivity contribution >= 4 is 11.8 Å². The largest absolute Gasteiger partial charge is 0.471 e. The third kappa shape index (κ3) is 3.07. The number of rotatable bonds is 1. The maximum Gasteiger partial charge on any atom is 0.471 e. The van der Waals surface area contributed by atoms with Crippen LogP contribution in [-0.4, -0.2) is 54.0 Å². The normalized spacial score (nSPS) is 26.1. The molecule has 1 saturated carbocycles. The summed E-state index contributed by atoms with van der Waals surface area (Å²) in [5.41, 5.74) is 0.00483. The van der Waals surface area contributed by atoms with Crippen LogP contribution in [0.2, 0.25) is 0 Å². The van der Waals surface area contributed by atoms with Crippen LogP contribution in [0.3, 0.4) is 0 Å². The molecule has 0 aromatic heterocycles. The van der Waals surface area contributed by atoms with Crippen LogP contribution in [0.25, 0.3) is 0 Å². The van der Waals surface area contributed by atoms with Crippen molar-refractivity contribution in [2.75, 3.05) is 26.2 Å². The fourth-order valence-electron chi connectivity index (χ4n) is 2.63. The molecule has 2 fully saturated rings. The first kappa shape index (κ1) is 15.1. The molecular formula is C13H19F3N2O2. The quantitative estimate of drug-likeness (QED) is 0.737. The molecule has 114 valence electrons. The molecule has 1 saturated heterocycles. The maximum atomic E-state index is 12.4. The molecule has 1 aliphatic carbocycles. The summed E-state index contributed by atoms with van der Waals surface area (Å²) >= 11 is 0. The number of alkyl halides is 3. The molecule has 0 aromatic carbocycles. The summed E-state index contributed by atoms with van der Waals surface area (Å²) in [7, 11) is 0. The fourth-order valence-corrected chi connectivity index (χ4v) is 2.63. The maximum absolute atomic E-state index is 12.4. The van der Waals surface area contributed by atoms with Crippen LogP contribution in [0.15, 0.2) is 0 Å². The average molecular weight is 292 g/mol. The van der Waals surface area contributed by atoms with Gasteiger partial charge in [-0.3, -0.25) is 9.59 Å². The number of nitrogens with zero attached hydrogens (tertiary/aromatic N) is 2. The number of halogens is 3. The lowest BCUT2D eigenvalue weighted by atomic mass is 10.1. The summed E-state index contributed by atoms with van der Waals surface area (Å²) in [5, 5.41) is 0. The van der Waals surface area contributed by atoms with Crippen molar-refractivity contribution < 1.29 is 22.8 Å². The summed E-state index contributed by atoms with van der Waals surface area (Å²) < 4.78 is 37.2. The lowest BCUT2D eigenvalue weighted by molar-refractivity contribution is -0.185. The highest BCUT2D eigenvalue weighted by atomic mass is 19.4. The lowest BCUT2D eigenvalue weighted by Gasteiger charge is -2.23. The van der Waals surface area contributed by atoms with Crippen LogP contribution in [0.4, 0.5) is 13.2 Å². The third-order valence-corrected chi connectivity index (χ3v) is 4.15. The Morgan fingerprint density at radius 3 is 2.05 bits per heavy atom. The predicted octanol–water partition coefficient (Wildman–Crippen LogP) is 1.66. The zero-order valence-electron chi connectivity index (χ0n) is 11.7. The topological polar surface area (TPSA) is 40.6 Å². The van der Waals surface area contributed by atoms with E-state index < -0.39 is 12.1 Å². The van der Waals surface area contributed by atoms with Crippen LogP contribution < -0.4 is 0 Å². The van der Waals surface area contributed by atoms with Gasteiger partial charge in [-0.2, -0.15) is 13.2 Å². The fraction of sp³-hybridized carbons (Fsp3) is 0.846. The Bertz CT molecular complexity index is 420. The minimum Gasteiger partial charge on any atom is -0.341 e. The second-order valence-electron chi connectivity index (χ2n) is 6.21. The lowest BCUT2D eigenvalue weighted by Crippen LogP contribution is -2.43. The van der Waals surface area contributed by atoms with Crippen molar-refractivity contribution in [1.82, 2.24) is 9.80 Å². The Morgan fingerprint density at radius 2 is 1.55 bits per heavy atom. The van der Waals surface area contributed by atoms with Crippen molar-refractivity contribution in [3.8, 4) is 0 Å². The van der Waals surface area contributed by atoms with Gasteiger partial charge in [0.05, 0.1) is 0 Å². The molecular weight excluding hydrogens is 273 g/mol. The van der Waals surface area contributed by atoms with Crippen molar-refractivity contribution in [3.05, 3.63) is 0 Å². The smallest absolute Gasteiger partial charge is 0.341 e. The Kier molecular flexibility index (Phi) is 3.73. The molecule has 1 atom stereocenters. The van der Waals surface area contributed by atoms with E-state index in [1.54, 1.807) is 4.90 Å². The first-order valence-electron chi connectivity index (χ1n) is 6.78. The summed E-state index contributed by atoms with van der Waals surface area (Å²) in [6, 6.07) is 0. The van der Waals surface area contributed by atoms with E-state index >= 15 is 0 Å². The van der Waals surface area contributed by atoms with Gasteiger partial charge in [0.15, 0.2) is 0 Å². The molecule has 0 radical (unpaired) electrons. The van der Waals surface area contributed by atoms with Gasteiger partial charge in [-0.05, 0) is 18.3 Å². The van der Waals surface area contributed by atoms with E-state index in [1.165, 1.54) is 0 Å². The molecule has 7 heteroatoms. The highest BCUT2D eigenvalue weighted by molar-refractivity contribution is 5.83. The average Bonchev–Trinajstić information content (AvgIpc) is 3.03. The van der Waals surface area contributed by atoms with E-state index in [0.29, 0.717) is 13.0 Å². The molecule has 4 nitrogen and oxygen atoms in total. The highest BCUT2D eigenvalue weighted by Crippen LogP contribution is 2.52. The van der Waals surface area contributed by atoms with Gasteiger partial charge in [-0.1, -0.05) is 13.8 Å². The second kappa shape index (κ2) is 4.93. The van der Waals surface area contributed by atoms with Crippen molar-refractivity contribution in [2.45, 2.75) is 32.9 Å². The second-order valence-corrected chi connectivity index (χ2v) is 6.21. The van der Waals surface area contributed by atoms with Gasteiger partial charge in [0, 0.05) is 32.1 Å². The molecule has 0 N–H and O–H groups in total. The standard InChI is InChI=1S/C13H19F3N2O2/c1-12(2)8-9(12)10(19)17-4-3-5-18(7-6-17)11(20)13(14,15)16/h9H,3-8H2,1-2H3/t9-/m1/s1. The monoisotopic (exact) mass is 292 g/mol. The van der Waals surface area contributed by atoms with E-state index in [4.69, 9.17) is 0 Å².